The Bertz CT molecular complexity index is 656. The predicted molar refractivity (Wildman–Crippen MR) is 66.7 cm³/mol. The topological polar surface area (TPSA) is 23.8 Å². The summed E-state index contributed by atoms with van der Waals surface area (Å²) in [5, 5.41) is 8.80. The lowest BCUT2D eigenvalue weighted by Gasteiger charge is -2.10. The van der Waals surface area contributed by atoms with Crippen molar-refractivity contribution >= 4 is 11.8 Å². The molecular weight excluding hydrogens is 290 g/mol. The van der Waals surface area contributed by atoms with Gasteiger partial charge in [0.25, 0.3) is 0 Å². The lowest BCUT2D eigenvalue weighted by molar-refractivity contribution is -0.137. The second-order valence-electron chi connectivity index (χ2n) is 3.87. The molecule has 0 aliphatic carbocycles. The Morgan fingerprint density at radius 1 is 0.950 bits per heavy atom. The molecule has 0 heterocycles. The molecule has 2 aromatic carbocycles. The smallest absolute Gasteiger partial charge is 0.207 e. The van der Waals surface area contributed by atoms with Crippen molar-refractivity contribution in [3.63, 3.8) is 0 Å². The van der Waals surface area contributed by atoms with Crippen molar-refractivity contribution in [1.82, 2.24) is 0 Å². The summed E-state index contributed by atoms with van der Waals surface area (Å²) in [5.74, 6) is -0.389. The van der Waals surface area contributed by atoms with Crippen LogP contribution in [0.1, 0.15) is 11.1 Å². The zero-order valence-corrected chi connectivity index (χ0v) is 10.7. The highest BCUT2D eigenvalue weighted by Crippen LogP contribution is 2.35. The van der Waals surface area contributed by atoms with Crippen LogP contribution in [0.3, 0.4) is 0 Å². The van der Waals surface area contributed by atoms with Crippen molar-refractivity contribution in [3.05, 3.63) is 59.4 Å². The van der Waals surface area contributed by atoms with E-state index in [9.17, 15) is 17.6 Å². The predicted octanol–water partition coefficient (Wildman–Crippen LogP) is 4.87. The summed E-state index contributed by atoms with van der Waals surface area (Å²) in [5.41, 5.74) is -1.38. The number of nitrogens with zero attached hydrogens (tertiary/aromatic N) is 1. The zero-order valence-electron chi connectivity index (χ0n) is 9.91. The fourth-order valence-electron chi connectivity index (χ4n) is 1.57. The van der Waals surface area contributed by atoms with Crippen molar-refractivity contribution in [2.45, 2.75) is 16.0 Å². The average molecular weight is 297 g/mol. The summed E-state index contributed by atoms with van der Waals surface area (Å²) in [7, 11) is 0. The highest BCUT2D eigenvalue weighted by Gasteiger charge is 2.33. The number of halogens is 4. The van der Waals surface area contributed by atoms with Crippen LogP contribution in [0.2, 0.25) is 0 Å². The third-order valence-corrected chi connectivity index (χ3v) is 3.46. The average Bonchev–Trinajstić information content (AvgIpc) is 2.40. The molecule has 102 valence electrons. The van der Waals surface area contributed by atoms with E-state index in [4.69, 9.17) is 5.26 Å². The van der Waals surface area contributed by atoms with E-state index in [2.05, 4.69) is 0 Å². The van der Waals surface area contributed by atoms with Crippen LogP contribution in [0.5, 0.6) is 0 Å². The van der Waals surface area contributed by atoms with Crippen molar-refractivity contribution in [3.8, 4) is 6.07 Å². The molecule has 0 amide bonds. The van der Waals surface area contributed by atoms with Crippen molar-refractivity contribution in [1.29, 1.82) is 5.26 Å². The van der Waals surface area contributed by atoms with Gasteiger partial charge >= 0.3 is 6.18 Å². The molecule has 2 rings (SSSR count). The molecule has 0 atom stereocenters. The van der Waals surface area contributed by atoms with E-state index in [1.54, 1.807) is 6.07 Å². The van der Waals surface area contributed by atoms with Gasteiger partial charge in [0, 0.05) is 9.79 Å². The maximum absolute atomic E-state index is 12.8. The first-order valence-corrected chi connectivity index (χ1v) is 6.26. The van der Waals surface area contributed by atoms with E-state index < -0.39 is 17.3 Å². The highest BCUT2D eigenvalue weighted by atomic mass is 32.2. The van der Waals surface area contributed by atoms with E-state index in [-0.39, 0.29) is 5.82 Å². The number of rotatable bonds is 2. The number of hydrogen-bond acceptors (Lipinski definition) is 2. The monoisotopic (exact) mass is 297 g/mol. The minimum atomic E-state index is -4.55. The molecule has 0 saturated heterocycles. The van der Waals surface area contributed by atoms with E-state index >= 15 is 0 Å². The minimum Gasteiger partial charge on any atom is -0.207 e. The van der Waals surface area contributed by atoms with Gasteiger partial charge in [0.1, 0.15) is 5.82 Å². The van der Waals surface area contributed by atoms with Gasteiger partial charge in [0.2, 0.25) is 0 Å². The Labute approximate surface area is 116 Å². The number of alkyl halides is 3. The summed E-state index contributed by atoms with van der Waals surface area (Å²) >= 11 is 1.16. The molecule has 6 heteroatoms. The Hall–Kier alpha value is -2.00. The SMILES string of the molecule is N#Cc1cc(Sc2ccc(F)cc2)ccc1C(F)(F)F. The van der Waals surface area contributed by atoms with Crippen LogP contribution in [0, 0.1) is 17.1 Å². The van der Waals surface area contributed by atoms with Crippen LogP contribution < -0.4 is 0 Å². The molecule has 0 saturated carbocycles. The van der Waals surface area contributed by atoms with Gasteiger partial charge in [0.15, 0.2) is 0 Å². The third-order valence-electron chi connectivity index (χ3n) is 2.47. The van der Waals surface area contributed by atoms with Crippen LogP contribution in [-0.2, 0) is 6.18 Å². The number of nitriles is 1. The molecule has 0 aliphatic heterocycles. The summed E-state index contributed by atoms with van der Waals surface area (Å²) in [6, 6.07) is 10.4. The number of hydrogen-bond donors (Lipinski definition) is 0. The summed E-state index contributed by atoms with van der Waals surface area (Å²) in [4.78, 5) is 1.16. The fourth-order valence-corrected chi connectivity index (χ4v) is 2.42. The molecule has 0 fully saturated rings. The van der Waals surface area contributed by atoms with Crippen molar-refractivity contribution in [2.24, 2.45) is 0 Å². The van der Waals surface area contributed by atoms with Crippen molar-refractivity contribution < 1.29 is 17.6 Å². The van der Waals surface area contributed by atoms with Crippen LogP contribution >= 0.6 is 11.8 Å². The van der Waals surface area contributed by atoms with Gasteiger partial charge in [-0.15, -0.1) is 0 Å². The lowest BCUT2D eigenvalue weighted by atomic mass is 10.1. The van der Waals surface area contributed by atoms with Gasteiger partial charge in [-0.05, 0) is 42.5 Å². The minimum absolute atomic E-state index is 0.389. The normalized spacial score (nSPS) is 11.2. The Morgan fingerprint density at radius 3 is 2.10 bits per heavy atom. The first-order valence-electron chi connectivity index (χ1n) is 5.45. The molecule has 20 heavy (non-hydrogen) atoms. The molecule has 0 radical (unpaired) electrons. The maximum atomic E-state index is 12.8. The molecule has 0 spiro atoms. The van der Waals surface area contributed by atoms with E-state index in [0.29, 0.717) is 9.79 Å². The van der Waals surface area contributed by atoms with Gasteiger partial charge in [-0.2, -0.15) is 18.4 Å². The molecule has 0 aromatic heterocycles. The highest BCUT2D eigenvalue weighted by molar-refractivity contribution is 7.99. The molecule has 1 nitrogen and oxygen atoms in total. The second-order valence-corrected chi connectivity index (χ2v) is 5.02. The molecule has 0 unspecified atom stereocenters. The van der Waals surface area contributed by atoms with Crippen LogP contribution in [-0.4, -0.2) is 0 Å². The largest absolute Gasteiger partial charge is 0.417 e. The molecule has 2 aromatic rings. The zero-order chi connectivity index (χ0) is 14.8. The Morgan fingerprint density at radius 2 is 1.55 bits per heavy atom. The quantitative estimate of drug-likeness (QED) is 0.739. The molecule has 0 N–H and O–H groups in total. The lowest BCUT2D eigenvalue weighted by Crippen LogP contribution is -2.07. The van der Waals surface area contributed by atoms with Crippen molar-refractivity contribution in [2.75, 3.05) is 0 Å². The van der Waals surface area contributed by atoms with Gasteiger partial charge in [-0.1, -0.05) is 11.8 Å². The summed E-state index contributed by atoms with van der Waals surface area (Å²) in [6.07, 6.45) is -4.55. The van der Waals surface area contributed by atoms with Gasteiger partial charge in [-0.3, -0.25) is 0 Å². The van der Waals surface area contributed by atoms with E-state index in [1.807, 2.05) is 0 Å². The summed E-state index contributed by atoms with van der Waals surface area (Å²) in [6.45, 7) is 0. The molecule has 0 bridgehead atoms. The van der Waals surface area contributed by atoms with Crippen LogP contribution in [0.4, 0.5) is 17.6 Å². The van der Waals surface area contributed by atoms with E-state index in [1.165, 1.54) is 36.4 Å². The van der Waals surface area contributed by atoms with E-state index in [0.717, 1.165) is 17.8 Å². The molecule has 0 aliphatic rings. The molecular formula is C14H7F4NS. The van der Waals surface area contributed by atoms with Gasteiger partial charge in [-0.25, -0.2) is 4.39 Å². The first kappa shape index (κ1) is 14.4. The van der Waals surface area contributed by atoms with Crippen LogP contribution in [0.15, 0.2) is 52.3 Å². The Kier molecular flexibility index (Phi) is 4.00. The Balaban J connectivity index is 2.31. The summed E-state index contributed by atoms with van der Waals surface area (Å²) < 4.78 is 50.7. The fraction of sp³-hybridized carbons (Fsp3) is 0.0714. The maximum Gasteiger partial charge on any atom is 0.417 e. The number of benzene rings is 2. The van der Waals surface area contributed by atoms with Crippen LogP contribution in [0.25, 0.3) is 0 Å². The van der Waals surface area contributed by atoms with Gasteiger partial charge in [0.05, 0.1) is 17.2 Å². The second kappa shape index (κ2) is 5.55. The first-order chi connectivity index (χ1) is 9.40. The van der Waals surface area contributed by atoms with Gasteiger partial charge < -0.3 is 0 Å². The standard InChI is InChI=1S/C14H7F4NS/c15-10-1-3-11(4-2-10)20-12-5-6-13(14(16,17)18)9(7-12)8-19/h1-7H. The third kappa shape index (κ3) is 3.31.